The lowest BCUT2D eigenvalue weighted by Crippen LogP contribution is -2.31. The van der Waals surface area contributed by atoms with E-state index < -0.39 is 17.2 Å². The standard InChI is InChI=1S/C13H13FN2O3/c1-16-7-10(13(19)15-4-5-17)12(18)9-6-8(14)2-3-11(9)16/h2-3,6-7,17H,4-5H2,1H3,(H,15,19). The molecule has 2 N–H and O–H groups in total. The number of hydrogen-bond acceptors (Lipinski definition) is 3. The van der Waals surface area contributed by atoms with E-state index in [1.54, 1.807) is 11.6 Å². The van der Waals surface area contributed by atoms with Gasteiger partial charge in [-0.1, -0.05) is 0 Å². The number of nitrogens with zero attached hydrogens (tertiary/aromatic N) is 1. The smallest absolute Gasteiger partial charge is 0.256 e. The number of fused-ring (bicyclic) bond motifs is 1. The zero-order valence-corrected chi connectivity index (χ0v) is 10.3. The molecule has 19 heavy (non-hydrogen) atoms. The van der Waals surface area contributed by atoms with Crippen molar-refractivity contribution in [3.05, 3.63) is 46.0 Å². The average molecular weight is 264 g/mol. The fourth-order valence-corrected chi connectivity index (χ4v) is 1.89. The van der Waals surface area contributed by atoms with Crippen LogP contribution in [0.3, 0.4) is 0 Å². The van der Waals surface area contributed by atoms with Crippen LogP contribution in [0.1, 0.15) is 10.4 Å². The molecule has 6 heteroatoms. The lowest BCUT2D eigenvalue weighted by molar-refractivity contribution is 0.0943. The van der Waals surface area contributed by atoms with Gasteiger partial charge in [0.05, 0.1) is 12.1 Å². The summed E-state index contributed by atoms with van der Waals surface area (Å²) in [4.78, 5) is 23.9. The molecule has 0 unspecified atom stereocenters. The summed E-state index contributed by atoms with van der Waals surface area (Å²) >= 11 is 0. The molecule has 0 fully saturated rings. The van der Waals surface area contributed by atoms with Gasteiger partial charge in [-0.2, -0.15) is 0 Å². The van der Waals surface area contributed by atoms with Gasteiger partial charge in [-0.15, -0.1) is 0 Å². The van der Waals surface area contributed by atoms with Crippen molar-refractivity contribution in [2.45, 2.75) is 0 Å². The Hall–Kier alpha value is -2.21. The molecular weight excluding hydrogens is 251 g/mol. The van der Waals surface area contributed by atoms with Crippen LogP contribution >= 0.6 is 0 Å². The Balaban J connectivity index is 2.61. The van der Waals surface area contributed by atoms with Gasteiger partial charge in [0.25, 0.3) is 5.91 Å². The predicted molar refractivity (Wildman–Crippen MR) is 68.6 cm³/mol. The molecule has 1 amide bonds. The number of carbonyl (C=O) groups excluding carboxylic acids is 1. The first-order valence-electron chi connectivity index (χ1n) is 5.72. The van der Waals surface area contributed by atoms with Crippen LogP contribution in [0.2, 0.25) is 0 Å². The van der Waals surface area contributed by atoms with E-state index in [2.05, 4.69) is 5.32 Å². The average Bonchev–Trinajstić information content (AvgIpc) is 2.40. The number of benzene rings is 1. The number of pyridine rings is 1. The van der Waals surface area contributed by atoms with Crippen molar-refractivity contribution in [3.8, 4) is 0 Å². The van der Waals surface area contributed by atoms with Gasteiger partial charge in [0.15, 0.2) is 0 Å². The van der Waals surface area contributed by atoms with E-state index in [9.17, 15) is 14.0 Å². The van der Waals surface area contributed by atoms with E-state index in [4.69, 9.17) is 5.11 Å². The number of aromatic nitrogens is 1. The van der Waals surface area contributed by atoms with Gasteiger partial charge in [0, 0.05) is 25.2 Å². The van der Waals surface area contributed by atoms with Crippen molar-refractivity contribution in [2.75, 3.05) is 13.2 Å². The topological polar surface area (TPSA) is 71.3 Å². The normalized spacial score (nSPS) is 10.7. The number of carbonyl (C=O) groups is 1. The fraction of sp³-hybridized carbons (Fsp3) is 0.231. The third-order valence-electron chi connectivity index (χ3n) is 2.79. The van der Waals surface area contributed by atoms with Crippen LogP contribution in [0.25, 0.3) is 10.9 Å². The summed E-state index contributed by atoms with van der Waals surface area (Å²) in [5, 5.41) is 11.2. The van der Waals surface area contributed by atoms with Crippen molar-refractivity contribution in [1.82, 2.24) is 9.88 Å². The Morgan fingerprint density at radius 2 is 2.21 bits per heavy atom. The second kappa shape index (κ2) is 5.19. The number of aliphatic hydroxyl groups excluding tert-OH is 1. The number of aryl methyl sites for hydroxylation is 1. The Labute approximate surface area is 108 Å². The van der Waals surface area contributed by atoms with Crippen LogP contribution in [0.4, 0.5) is 4.39 Å². The number of rotatable bonds is 3. The molecule has 0 spiro atoms. The molecule has 100 valence electrons. The summed E-state index contributed by atoms with van der Waals surface area (Å²) in [5.41, 5.74) is -0.0535. The van der Waals surface area contributed by atoms with Crippen molar-refractivity contribution < 1.29 is 14.3 Å². The molecule has 0 saturated carbocycles. The number of aliphatic hydroxyl groups is 1. The van der Waals surface area contributed by atoms with E-state index >= 15 is 0 Å². The summed E-state index contributed by atoms with van der Waals surface area (Å²) in [7, 11) is 1.67. The highest BCUT2D eigenvalue weighted by atomic mass is 19.1. The molecule has 0 aliphatic rings. The Morgan fingerprint density at radius 3 is 2.89 bits per heavy atom. The Bertz CT molecular complexity index is 694. The molecule has 1 aromatic carbocycles. The summed E-state index contributed by atoms with van der Waals surface area (Å²) in [6.07, 6.45) is 1.40. The molecule has 0 radical (unpaired) electrons. The molecule has 0 atom stereocenters. The molecule has 0 saturated heterocycles. The van der Waals surface area contributed by atoms with Crippen LogP contribution in [-0.2, 0) is 7.05 Å². The second-order valence-corrected chi connectivity index (χ2v) is 4.12. The molecule has 2 aromatic rings. The van der Waals surface area contributed by atoms with Gasteiger partial charge in [-0.3, -0.25) is 9.59 Å². The SMILES string of the molecule is Cn1cc(C(=O)NCCO)c(=O)c2cc(F)ccc21. The number of hydrogen-bond donors (Lipinski definition) is 2. The van der Waals surface area contributed by atoms with E-state index in [-0.39, 0.29) is 24.1 Å². The van der Waals surface area contributed by atoms with Crippen molar-refractivity contribution in [2.24, 2.45) is 7.05 Å². The lowest BCUT2D eigenvalue weighted by atomic mass is 10.1. The second-order valence-electron chi connectivity index (χ2n) is 4.12. The van der Waals surface area contributed by atoms with Crippen molar-refractivity contribution in [1.29, 1.82) is 0 Å². The fourth-order valence-electron chi connectivity index (χ4n) is 1.89. The van der Waals surface area contributed by atoms with E-state index in [0.29, 0.717) is 5.52 Å². The number of nitrogens with one attached hydrogen (secondary N) is 1. The number of amides is 1. The third kappa shape index (κ3) is 2.48. The highest BCUT2D eigenvalue weighted by Gasteiger charge is 2.14. The highest BCUT2D eigenvalue weighted by Crippen LogP contribution is 2.12. The third-order valence-corrected chi connectivity index (χ3v) is 2.79. The van der Waals surface area contributed by atoms with Crippen molar-refractivity contribution in [3.63, 3.8) is 0 Å². The van der Waals surface area contributed by atoms with Crippen LogP contribution in [0, 0.1) is 5.82 Å². The zero-order chi connectivity index (χ0) is 14.0. The lowest BCUT2D eigenvalue weighted by Gasteiger charge is -2.09. The molecule has 0 aliphatic carbocycles. The Morgan fingerprint density at radius 1 is 1.47 bits per heavy atom. The van der Waals surface area contributed by atoms with Gasteiger partial charge < -0.3 is 15.0 Å². The van der Waals surface area contributed by atoms with Crippen LogP contribution in [0.5, 0.6) is 0 Å². The molecule has 1 aromatic heterocycles. The minimum Gasteiger partial charge on any atom is -0.395 e. The van der Waals surface area contributed by atoms with Gasteiger partial charge >= 0.3 is 0 Å². The summed E-state index contributed by atoms with van der Waals surface area (Å²) in [5.74, 6) is -1.11. The van der Waals surface area contributed by atoms with E-state index in [0.717, 1.165) is 6.07 Å². The largest absolute Gasteiger partial charge is 0.395 e. The molecule has 0 aliphatic heterocycles. The first kappa shape index (κ1) is 13.2. The first-order chi connectivity index (χ1) is 9.04. The first-order valence-corrected chi connectivity index (χ1v) is 5.72. The number of halogens is 1. The molecule has 0 bridgehead atoms. The summed E-state index contributed by atoms with van der Waals surface area (Å²) in [6.45, 7) is -0.155. The van der Waals surface area contributed by atoms with Gasteiger partial charge in [-0.05, 0) is 18.2 Å². The maximum Gasteiger partial charge on any atom is 0.256 e. The summed E-state index contributed by atoms with van der Waals surface area (Å²) < 4.78 is 14.8. The van der Waals surface area contributed by atoms with Crippen molar-refractivity contribution >= 4 is 16.8 Å². The van der Waals surface area contributed by atoms with E-state index in [1.807, 2.05) is 0 Å². The Kier molecular flexibility index (Phi) is 3.62. The summed E-state index contributed by atoms with van der Waals surface area (Å²) in [6, 6.07) is 3.86. The minimum absolute atomic E-state index is 0.0587. The van der Waals surface area contributed by atoms with E-state index in [1.165, 1.54) is 18.3 Å². The van der Waals surface area contributed by atoms with Gasteiger partial charge in [0.1, 0.15) is 11.4 Å². The molecular formula is C13H13FN2O3. The van der Waals surface area contributed by atoms with Crippen LogP contribution in [-0.4, -0.2) is 28.7 Å². The molecule has 2 rings (SSSR count). The van der Waals surface area contributed by atoms with Gasteiger partial charge in [-0.25, -0.2) is 4.39 Å². The monoisotopic (exact) mass is 264 g/mol. The highest BCUT2D eigenvalue weighted by molar-refractivity contribution is 5.97. The zero-order valence-electron chi connectivity index (χ0n) is 10.3. The molecule has 1 heterocycles. The predicted octanol–water partition coefficient (Wildman–Crippen LogP) is 0.400. The van der Waals surface area contributed by atoms with Crippen LogP contribution in [0.15, 0.2) is 29.2 Å². The minimum atomic E-state index is -0.583. The quantitative estimate of drug-likeness (QED) is 0.843. The van der Waals surface area contributed by atoms with Crippen LogP contribution < -0.4 is 10.7 Å². The van der Waals surface area contributed by atoms with Gasteiger partial charge in [0.2, 0.25) is 5.43 Å². The maximum absolute atomic E-state index is 13.2. The maximum atomic E-state index is 13.2. The molecule has 5 nitrogen and oxygen atoms in total.